The highest BCUT2D eigenvalue weighted by atomic mass is 16.5. The molecule has 0 saturated heterocycles. The van der Waals surface area contributed by atoms with Crippen molar-refractivity contribution in [1.29, 1.82) is 0 Å². The van der Waals surface area contributed by atoms with Crippen LogP contribution in [0, 0.1) is 0 Å². The molecule has 1 N–H and O–H groups in total. The maximum absolute atomic E-state index is 12.2. The summed E-state index contributed by atoms with van der Waals surface area (Å²) >= 11 is 0. The van der Waals surface area contributed by atoms with Crippen LogP contribution in [-0.4, -0.2) is 31.8 Å². The molecule has 0 aliphatic carbocycles. The molecule has 0 aliphatic rings. The van der Waals surface area contributed by atoms with Crippen LogP contribution in [0.4, 0.5) is 0 Å². The van der Waals surface area contributed by atoms with Crippen LogP contribution >= 0.6 is 0 Å². The summed E-state index contributed by atoms with van der Waals surface area (Å²) in [6, 6.07) is 17.3. The van der Waals surface area contributed by atoms with Crippen molar-refractivity contribution in [2.45, 2.75) is 6.92 Å². The van der Waals surface area contributed by atoms with E-state index >= 15 is 0 Å². The van der Waals surface area contributed by atoms with E-state index in [0.717, 1.165) is 5.56 Å². The van der Waals surface area contributed by atoms with Crippen molar-refractivity contribution >= 4 is 18.1 Å². The minimum absolute atomic E-state index is 0.328. The van der Waals surface area contributed by atoms with Crippen LogP contribution in [0.25, 0.3) is 11.3 Å². The van der Waals surface area contributed by atoms with Gasteiger partial charge in [-0.15, -0.1) is 0 Å². The summed E-state index contributed by atoms with van der Waals surface area (Å²) in [7, 11) is 1.50. The molecule has 0 atom stereocenters. The number of methoxy groups -OCH3 is 1. The number of ether oxygens (including phenoxy) is 2. The topological polar surface area (TPSA) is 90.1 Å². The Hall–Kier alpha value is -3.87. The molecular weight excluding hydrogens is 372 g/mol. The van der Waals surface area contributed by atoms with Crippen LogP contribution < -0.4 is 10.2 Å². The summed E-state index contributed by atoms with van der Waals surface area (Å²) in [4.78, 5) is 23.9. The van der Waals surface area contributed by atoms with Crippen LogP contribution in [0.3, 0.4) is 0 Å². The van der Waals surface area contributed by atoms with E-state index in [-0.39, 0.29) is 11.9 Å². The highest BCUT2D eigenvalue weighted by Gasteiger charge is 2.11. The molecule has 3 aromatic rings. The average molecular weight is 392 g/mol. The molecule has 1 amide bonds. The molecule has 1 aromatic heterocycles. The van der Waals surface area contributed by atoms with Crippen molar-refractivity contribution in [3.8, 4) is 17.1 Å². The zero-order chi connectivity index (χ0) is 20.6. The van der Waals surface area contributed by atoms with Gasteiger partial charge in [-0.2, -0.15) is 5.10 Å². The van der Waals surface area contributed by atoms with Crippen molar-refractivity contribution in [1.82, 2.24) is 5.43 Å². The Balaban J connectivity index is 1.64. The van der Waals surface area contributed by atoms with E-state index in [2.05, 4.69) is 10.5 Å². The molecule has 7 heteroatoms. The lowest BCUT2D eigenvalue weighted by Crippen LogP contribution is -2.18. The van der Waals surface area contributed by atoms with Crippen molar-refractivity contribution in [2.24, 2.45) is 5.10 Å². The summed E-state index contributed by atoms with van der Waals surface area (Å²) in [6.45, 7) is 2.09. The fraction of sp³-hybridized carbons (Fsp3) is 0.136. The molecule has 29 heavy (non-hydrogen) atoms. The lowest BCUT2D eigenvalue weighted by molar-refractivity contribution is 0.0526. The number of carbonyl (C=O) groups excluding carboxylic acids is 2. The monoisotopic (exact) mass is 392 g/mol. The maximum atomic E-state index is 12.2. The van der Waals surface area contributed by atoms with Crippen LogP contribution in [0.1, 0.15) is 33.4 Å². The lowest BCUT2D eigenvalue weighted by Gasteiger charge is -2.05. The van der Waals surface area contributed by atoms with Crippen molar-refractivity contribution in [3.05, 3.63) is 77.6 Å². The van der Waals surface area contributed by atoms with Gasteiger partial charge in [-0.25, -0.2) is 10.2 Å². The summed E-state index contributed by atoms with van der Waals surface area (Å²) in [5.74, 6) is 0.789. The number of carbonyl (C=O) groups is 2. The quantitative estimate of drug-likeness (QED) is 0.374. The molecule has 148 valence electrons. The Bertz CT molecular complexity index is 1020. The van der Waals surface area contributed by atoms with Crippen molar-refractivity contribution < 1.29 is 23.5 Å². The largest absolute Gasteiger partial charge is 0.496 e. The third kappa shape index (κ3) is 4.90. The summed E-state index contributed by atoms with van der Waals surface area (Å²) < 4.78 is 15.8. The molecule has 0 saturated carbocycles. The third-order valence-corrected chi connectivity index (χ3v) is 4.02. The highest BCUT2D eigenvalue weighted by molar-refractivity contribution is 5.97. The zero-order valence-electron chi connectivity index (χ0n) is 16.0. The Morgan fingerprint density at radius 3 is 2.55 bits per heavy atom. The number of furan rings is 1. The zero-order valence-corrected chi connectivity index (χ0v) is 16.0. The van der Waals surface area contributed by atoms with Gasteiger partial charge >= 0.3 is 5.97 Å². The Labute approximate surface area is 167 Å². The molecule has 0 bridgehead atoms. The van der Waals surface area contributed by atoms with Gasteiger partial charge in [0.25, 0.3) is 5.91 Å². The SMILES string of the molecule is CCOC(=O)c1ccc(-c2ccc(/C=N/NC(=O)c3ccccc3OC)o2)cc1. The molecular formula is C22H20N2O5. The van der Waals surface area contributed by atoms with Crippen molar-refractivity contribution in [2.75, 3.05) is 13.7 Å². The first-order valence-electron chi connectivity index (χ1n) is 8.96. The van der Waals surface area contributed by atoms with Crippen LogP contribution in [0.2, 0.25) is 0 Å². The van der Waals surface area contributed by atoms with Gasteiger partial charge in [0.2, 0.25) is 0 Å². The smallest absolute Gasteiger partial charge is 0.338 e. The third-order valence-electron chi connectivity index (χ3n) is 4.02. The minimum atomic E-state index is -0.389. The summed E-state index contributed by atoms with van der Waals surface area (Å²) in [5.41, 5.74) is 4.10. The van der Waals surface area contributed by atoms with Gasteiger partial charge in [0.05, 0.1) is 31.1 Å². The van der Waals surface area contributed by atoms with Gasteiger partial charge in [0.1, 0.15) is 17.3 Å². The number of nitrogens with one attached hydrogen (secondary N) is 1. The molecule has 1 heterocycles. The minimum Gasteiger partial charge on any atom is -0.496 e. The second-order valence-electron chi connectivity index (χ2n) is 5.90. The van der Waals surface area contributed by atoms with E-state index < -0.39 is 0 Å². The average Bonchev–Trinajstić information content (AvgIpc) is 3.23. The molecule has 0 unspecified atom stereocenters. The summed E-state index contributed by atoms with van der Waals surface area (Å²) in [5, 5.41) is 3.92. The normalized spacial score (nSPS) is 10.7. The lowest BCUT2D eigenvalue weighted by atomic mass is 10.1. The molecule has 0 fully saturated rings. The number of para-hydroxylation sites is 1. The van der Waals surface area contributed by atoms with E-state index in [1.807, 2.05) is 0 Å². The standard InChI is InChI=1S/C22H20N2O5/c1-3-28-22(26)16-10-8-15(9-11-16)19-13-12-17(29-19)14-23-24-21(25)18-6-4-5-7-20(18)27-2/h4-14H,3H2,1-2H3,(H,24,25)/b23-14+. The maximum Gasteiger partial charge on any atom is 0.338 e. The number of esters is 1. The van der Waals surface area contributed by atoms with Gasteiger partial charge in [0.15, 0.2) is 0 Å². The Morgan fingerprint density at radius 2 is 1.83 bits per heavy atom. The number of hydrazone groups is 1. The van der Waals surface area contributed by atoms with Crippen molar-refractivity contribution in [3.63, 3.8) is 0 Å². The molecule has 0 radical (unpaired) electrons. The molecule has 7 nitrogen and oxygen atoms in total. The van der Waals surface area contributed by atoms with Gasteiger partial charge in [-0.3, -0.25) is 4.79 Å². The fourth-order valence-corrected chi connectivity index (χ4v) is 2.61. The molecule has 2 aromatic carbocycles. The predicted molar refractivity (Wildman–Crippen MR) is 108 cm³/mol. The Kier molecular flexibility index (Phi) is 6.42. The Morgan fingerprint density at radius 1 is 1.07 bits per heavy atom. The van der Waals surface area contributed by atoms with E-state index in [4.69, 9.17) is 13.9 Å². The van der Waals surface area contributed by atoms with Gasteiger partial charge in [-0.1, -0.05) is 24.3 Å². The second kappa shape index (κ2) is 9.36. The molecule has 0 aliphatic heterocycles. The fourth-order valence-electron chi connectivity index (χ4n) is 2.61. The predicted octanol–water partition coefficient (Wildman–Crippen LogP) is 3.90. The number of hydrogen-bond donors (Lipinski definition) is 1. The van der Waals surface area contributed by atoms with E-state index in [9.17, 15) is 9.59 Å². The first kappa shape index (κ1) is 19.9. The summed E-state index contributed by atoms with van der Waals surface area (Å²) in [6.07, 6.45) is 1.41. The highest BCUT2D eigenvalue weighted by Crippen LogP contribution is 2.22. The van der Waals surface area contributed by atoms with E-state index in [1.54, 1.807) is 67.6 Å². The van der Waals surface area contributed by atoms with E-state index in [0.29, 0.717) is 35.0 Å². The number of rotatable bonds is 7. The molecule has 3 rings (SSSR count). The van der Waals surface area contributed by atoms with E-state index in [1.165, 1.54) is 13.3 Å². The van der Waals surface area contributed by atoms with Crippen LogP contribution in [-0.2, 0) is 4.74 Å². The van der Waals surface area contributed by atoms with Gasteiger partial charge in [0, 0.05) is 5.56 Å². The number of nitrogens with zero attached hydrogens (tertiary/aromatic N) is 1. The first-order chi connectivity index (χ1) is 14.1. The number of hydrogen-bond acceptors (Lipinski definition) is 6. The van der Waals surface area contributed by atoms with Crippen LogP contribution in [0.15, 0.2) is 70.2 Å². The molecule has 0 spiro atoms. The van der Waals surface area contributed by atoms with Gasteiger partial charge < -0.3 is 13.9 Å². The first-order valence-corrected chi connectivity index (χ1v) is 8.96. The second-order valence-corrected chi connectivity index (χ2v) is 5.90. The van der Waals surface area contributed by atoms with Crippen LogP contribution in [0.5, 0.6) is 5.75 Å². The number of amides is 1. The van der Waals surface area contributed by atoms with Gasteiger partial charge in [-0.05, 0) is 43.3 Å². The number of benzene rings is 2.